The van der Waals surface area contributed by atoms with Crippen LogP contribution in [-0.4, -0.2) is 32.8 Å². The van der Waals surface area contributed by atoms with E-state index in [9.17, 15) is 9.59 Å². The molecule has 1 aliphatic heterocycles. The van der Waals surface area contributed by atoms with Gasteiger partial charge in [-0.2, -0.15) is 0 Å². The Morgan fingerprint density at radius 1 is 1.30 bits per heavy atom. The van der Waals surface area contributed by atoms with Crippen molar-refractivity contribution in [2.45, 2.75) is 12.8 Å². The highest BCUT2D eigenvalue weighted by Crippen LogP contribution is 2.34. The monoisotopic (exact) mass is 342 g/mol. The van der Waals surface area contributed by atoms with Crippen LogP contribution in [0.2, 0.25) is 0 Å². The van der Waals surface area contributed by atoms with Crippen LogP contribution in [0.15, 0.2) is 16.6 Å². The van der Waals surface area contributed by atoms with Crippen molar-refractivity contribution in [3.05, 3.63) is 27.7 Å². The van der Waals surface area contributed by atoms with Crippen LogP contribution in [0.5, 0.6) is 5.75 Å². The number of rotatable bonds is 4. The first kappa shape index (κ1) is 14.8. The SMILES string of the molecule is COC(=O)C(Cc1cc(Br)cc2c1OCC2)C(=O)OC. The summed E-state index contributed by atoms with van der Waals surface area (Å²) in [5, 5.41) is 0. The molecule has 108 valence electrons. The number of benzene rings is 1. The van der Waals surface area contributed by atoms with Gasteiger partial charge < -0.3 is 14.2 Å². The maximum atomic E-state index is 11.7. The van der Waals surface area contributed by atoms with Crippen molar-refractivity contribution in [1.29, 1.82) is 0 Å². The minimum atomic E-state index is -0.979. The van der Waals surface area contributed by atoms with E-state index in [-0.39, 0.29) is 6.42 Å². The zero-order valence-electron chi connectivity index (χ0n) is 11.3. The van der Waals surface area contributed by atoms with E-state index in [1.54, 1.807) is 0 Å². The average molecular weight is 343 g/mol. The molecule has 0 aliphatic carbocycles. The van der Waals surface area contributed by atoms with Crippen LogP contribution in [0.1, 0.15) is 11.1 Å². The van der Waals surface area contributed by atoms with Gasteiger partial charge >= 0.3 is 11.9 Å². The van der Waals surface area contributed by atoms with Crippen LogP contribution >= 0.6 is 15.9 Å². The lowest BCUT2D eigenvalue weighted by molar-refractivity contribution is -0.158. The van der Waals surface area contributed by atoms with Crippen LogP contribution < -0.4 is 4.74 Å². The zero-order valence-corrected chi connectivity index (χ0v) is 12.9. The molecule has 0 saturated carbocycles. The molecule has 0 spiro atoms. The van der Waals surface area contributed by atoms with E-state index in [1.807, 2.05) is 12.1 Å². The second-order valence-corrected chi connectivity index (χ2v) is 5.37. The zero-order chi connectivity index (χ0) is 14.7. The molecule has 0 atom stereocenters. The summed E-state index contributed by atoms with van der Waals surface area (Å²) >= 11 is 3.43. The highest BCUT2D eigenvalue weighted by Gasteiger charge is 2.31. The number of halogens is 1. The molecule has 0 fully saturated rings. The van der Waals surface area contributed by atoms with Crippen LogP contribution in [0, 0.1) is 5.92 Å². The second-order valence-electron chi connectivity index (χ2n) is 4.45. The summed E-state index contributed by atoms with van der Waals surface area (Å²) < 4.78 is 15.8. The fourth-order valence-corrected chi connectivity index (χ4v) is 2.82. The molecule has 0 N–H and O–H groups in total. The summed E-state index contributed by atoms with van der Waals surface area (Å²) in [5.74, 6) is -1.44. The highest BCUT2D eigenvalue weighted by atomic mass is 79.9. The molecule has 0 radical (unpaired) electrons. The van der Waals surface area contributed by atoms with Crippen molar-refractivity contribution < 1.29 is 23.8 Å². The second kappa shape index (κ2) is 6.26. The summed E-state index contributed by atoms with van der Waals surface area (Å²) in [4.78, 5) is 23.5. The third-order valence-electron chi connectivity index (χ3n) is 3.22. The Morgan fingerprint density at radius 3 is 2.55 bits per heavy atom. The van der Waals surface area contributed by atoms with Gasteiger partial charge in [0.15, 0.2) is 5.92 Å². The Labute approximate surface area is 125 Å². The number of hydrogen-bond donors (Lipinski definition) is 0. The smallest absolute Gasteiger partial charge is 0.320 e. The van der Waals surface area contributed by atoms with Gasteiger partial charge in [-0.3, -0.25) is 9.59 Å². The molecule has 1 heterocycles. The maximum Gasteiger partial charge on any atom is 0.320 e. The first-order valence-corrected chi connectivity index (χ1v) is 6.96. The van der Waals surface area contributed by atoms with Crippen molar-refractivity contribution in [2.24, 2.45) is 5.92 Å². The van der Waals surface area contributed by atoms with E-state index in [4.69, 9.17) is 4.74 Å². The summed E-state index contributed by atoms with van der Waals surface area (Å²) in [5.41, 5.74) is 1.87. The van der Waals surface area contributed by atoms with Gasteiger partial charge in [-0.25, -0.2) is 0 Å². The normalized spacial score (nSPS) is 12.8. The summed E-state index contributed by atoms with van der Waals surface area (Å²) in [6.45, 7) is 0.611. The van der Waals surface area contributed by atoms with Crippen molar-refractivity contribution in [2.75, 3.05) is 20.8 Å². The number of fused-ring (bicyclic) bond motifs is 1. The number of methoxy groups -OCH3 is 2. The summed E-state index contributed by atoms with van der Waals surface area (Å²) in [6.07, 6.45) is 1.02. The molecule has 1 aromatic carbocycles. The van der Waals surface area contributed by atoms with Crippen molar-refractivity contribution in [3.63, 3.8) is 0 Å². The van der Waals surface area contributed by atoms with Crippen LogP contribution in [0.25, 0.3) is 0 Å². The van der Waals surface area contributed by atoms with Gasteiger partial charge in [0.25, 0.3) is 0 Å². The molecule has 0 bridgehead atoms. The fourth-order valence-electron chi connectivity index (χ4n) is 2.26. The molecule has 20 heavy (non-hydrogen) atoms. The predicted octanol–water partition coefficient (Wildman–Crippen LogP) is 1.89. The Morgan fingerprint density at radius 2 is 1.95 bits per heavy atom. The van der Waals surface area contributed by atoms with E-state index in [0.717, 1.165) is 27.8 Å². The van der Waals surface area contributed by atoms with Gasteiger partial charge in [-0.15, -0.1) is 0 Å². The van der Waals surface area contributed by atoms with Gasteiger partial charge in [0, 0.05) is 17.3 Å². The van der Waals surface area contributed by atoms with Gasteiger partial charge in [0.2, 0.25) is 0 Å². The number of esters is 2. The van der Waals surface area contributed by atoms with Crippen LogP contribution in [0.4, 0.5) is 0 Å². The van der Waals surface area contributed by atoms with Gasteiger partial charge in [0.05, 0.1) is 20.8 Å². The largest absolute Gasteiger partial charge is 0.493 e. The van der Waals surface area contributed by atoms with E-state index in [0.29, 0.717) is 6.61 Å². The highest BCUT2D eigenvalue weighted by molar-refractivity contribution is 9.10. The number of carbonyl (C=O) groups is 2. The molecule has 6 heteroatoms. The molecule has 5 nitrogen and oxygen atoms in total. The maximum absolute atomic E-state index is 11.7. The standard InChI is InChI=1S/C14H15BrO5/c1-18-13(16)11(14(17)19-2)7-9-6-10(15)5-8-3-4-20-12(8)9/h5-6,11H,3-4,7H2,1-2H3. The number of carbonyl (C=O) groups excluding carboxylic acids is 2. The summed E-state index contributed by atoms with van der Waals surface area (Å²) in [7, 11) is 2.50. The predicted molar refractivity (Wildman–Crippen MR) is 74.6 cm³/mol. The molecule has 0 aromatic heterocycles. The molecule has 0 saturated heterocycles. The lowest BCUT2D eigenvalue weighted by Crippen LogP contribution is -2.28. The third kappa shape index (κ3) is 2.95. The first-order chi connectivity index (χ1) is 9.56. The third-order valence-corrected chi connectivity index (χ3v) is 3.68. The fraction of sp³-hybridized carbons (Fsp3) is 0.429. The molecule has 1 aliphatic rings. The topological polar surface area (TPSA) is 61.8 Å². The molecule has 0 amide bonds. The molecular weight excluding hydrogens is 328 g/mol. The van der Waals surface area contributed by atoms with Gasteiger partial charge in [0.1, 0.15) is 5.75 Å². The van der Waals surface area contributed by atoms with Gasteiger partial charge in [-0.1, -0.05) is 15.9 Å². The average Bonchev–Trinajstić information content (AvgIpc) is 2.90. The van der Waals surface area contributed by atoms with Crippen LogP contribution in [0.3, 0.4) is 0 Å². The quantitative estimate of drug-likeness (QED) is 0.617. The van der Waals surface area contributed by atoms with E-state index >= 15 is 0 Å². The van der Waals surface area contributed by atoms with E-state index in [2.05, 4.69) is 25.4 Å². The minimum Gasteiger partial charge on any atom is -0.493 e. The number of ether oxygens (including phenoxy) is 3. The summed E-state index contributed by atoms with van der Waals surface area (Å²) in [6, 6.07) is 3.83. The lowest BCUT2D eigenvalue weighted by Gasteiger charge is -2.15. The van der Waals surface area contributed by atoms with Gasteiger partial charge in [-0.05, 0) is 23.3 Å². The molecular formula is C14H15BrO5. The Kier molecular flexibility index (Phi) is 4.65. The number of hydrogen-bond acceptors (Lipinski definition) is 5. The van der Waals surface area contributed by atoms with Crippen molar-refractivity contribution in [3.8, 4) is 5.75 Å². The lowest BCUT2D eigenvalue weighted by atomic mass is 9.97. The van der Waals surface area contributed by atoms with Crippen LogP contribution in [-0.2, 0) is 31.9 Å². The Balaban J connectivity index is 2.31. The van der Waals surface area contributed by atoms with E-state index in [1.165, 1.54) is 14.2 Å². The molecule has 0 unspecified atom stereocenters. The molecule has 2 rings (SSSR count). The first-order valence-electron chi connectivity index (χ1n) is 6.16. The Hall–Kier alpha value is -1.56. The molecule has 1 aromatic rings. The van der Waals surface area contributed by atoms with Crippen molar-refractivity contribution >= 4 is 27.9 Å². The Bertz CT molecular complexity index is 525. The van der Waals surface area contributed by atoms with E-state index < -0.39 is 17.9 Å². The minimum absolute atomic E-state index is 0.196. The van der Waals surface area contributed by atoms with Crippen molar-refractivity contribution in [1.82, 2.24) is 0 Å².